The van der Waals surface area contributed by atoms with Crippen molar-refractivity contribution in [1.29, 1.82) is 0 Å². The number of methoxy groups -OCH3 is 2. The van der Waals surface area contributed by atoms with E-state index in [1.54, 1.807) is 19.2 Å². The molecule has 0 aliphatic carbocycles. The fraction of sp³-hybridized carbons (Fsp3) is 0.375. The quantitative estimate of drug-likeness (QED) is 0.393. The number of piperidine rings is 1. The minimum Gasteiger partial charge on any atom is -0.493 e. The minimum absolute atomic E-state index is 0.0487. The van der Waals surface area contributed by atoms with Gasteiger partial charge in [-0.2, -0.15) is 5.10 Å². The number of amides is 1. The Morgan fingerprint density at radius 3 is 2.32 bits per heavy atom. The number of aryl methyl sites for hydroxylation is 1. The second-order valence-electron chi connectivity index (χ2n) is 10.4. The highest BCUT2D eigenvalue weighted by molar-refractivity contribution is 6.03. The summed E-state index contributed by atoms with van der Waals surface area (Å²) < 4.78 is 10.9. The summed E-state index contributed by atoms with van der Waals surface area (Å²) in [5.41, 5.74) is 5.52. The van der Waals surface area contributed by atoms with Crippen LogP contribution >= 0.6 is 0 Å². The lowest BCUT2D eigenvalue weighted by molar-refractivity contribution is -0.134. The monoisotopic (exact) mass is 511 g/mol. The molecule has 38 heavy (non-hydrogen) atoms. The standard InChI is InChI=1S/C32H37N3O3/c1-23-9-11-26(12-10-23)29-21-28(27-13-14-30(37-2)31(20-27)38-3)33-35(29)32(36)22-34-17-15-25(16-18-34)19-24-7-5-4-6-8-24/h4-14,20,25,29H,15-19,21-22H2,1-3H3. The Morgan fingerprint density at radius 2 is 1.63 bits per heavy atom. The number of carbonyl (C=O) groups excluding carboxylic acids is 1. The van der Waals surface area contributed by atoms with Crippen LogP contribution in [0.5, 0.6) is 11.5 Å². The number of ether oxygens (including phenoxy) is 2. The molecule has 3 aromatic rings. The summed E-state index contributed by atoms with van der Waals surface area (Å²) in [4.78, 5) is 16.0. The van der Waals surface area contributed by atoms with Crippen LogP contribution in [-0.4, -0.2) is 55.4 Å². The Morgan fingerprint density at radius 1 is 0.921 bits per heavy atom. The van der Waals surface area contributed by atoms with Crippen LogP contribution in [0.2, 0.25) is 0 Å². The molecule has 1 saturated heterocycles. The maximum Gasteiger partial charge on any atom is 0.257 e. The molecule has 0 saturated carbocycles. The molecule has 1 atom stereocenters. The number of hydrazone groups is 1. The highest BCUT2D eigenvalue weighted by Crippen LogP contribution is 2.36. The molecule has 198 valence electrons. The Labute approximate surface area is 225 Å². The zero-order valence-corrected chi connectivity index (χ0v) is 22.6. The molecule has 6 nitrogen and oxygen atoms in total. The first kappa shape index (κ1) is 26.0. The molecule has 0 radical (unpaired) electrons. The Bertz CT molecular complexity index is 1260. The van der Waals surface area contributed by atoms with Crippen molar-refractivity contribution in [1.82, 2.24) is 9.91 Å². The third kappa shape index (κ3) is 5.91. The Balaban J connectivity index is 1.30. The zero-order chi connectivity index (χ0) is 26.5. The molecule has 0 bridgehead atoms. The molecular formula is C32H37N3O3. The normalized spacial score (nSPS) is 18.3. The van der Waals surface area contributed by atoms with Gasteiger partial charge in [0.25, 0.3) is 5.91 Å². The molecule has 2 heterocycles. The van der Waals surface area contributed by atoms with Crippen LogP contribution in [0.25, 0.3) is 0 Å². The molecule has 3 aromatic carbocycles. The van der Waals surface area contributed by atoms with E-state index in [9.17, 15) is 4.79 Å². The van der Waals surface area contributed by atoms with Gasteiger partial charge in [-0.15, -0.1) is 0 Å². The molecule has 1 amide bonds. The van der Waals surface area contributed by atoms with Crippen molar-refractivity contribution in [2.75, 3.05) is 33.9 Å². The smallest absolute Gasteiger partial charge is 0.257 e. The van der Waals surface area contributed by atoms with Crippen LogP contribution in [0.4, 0.5) is 0 Å². The predicted molar refractivity (Wildman–Crippen MR) is 151 cm³/mol. The molecule has 0 spiro atoms. The summed E-state index contributed by atoms with van der Waals surface area (Å²) >= 11 is 0. The van der Waals surface area contributed by atoms with Crippen molar-refractivity contribution < 1.29 is 14.3 Å². The first-order chi connectivity index (χ1) is 18.5. The van der Waals surface area contributed by atoms with E-state index in [0.717, 1.165) is 49.2 Å². The number of hydrogen-bond acceptors (Lipinski definition) is 5. The van der Waals surface area contributed by atoms with E-state index in [4.69, 9.17) is 14.6 Å². The highest BCUT2D eigenvalue weighted by Gasteiger charge is 2.34. The van der Waals surface area contributed by atoms with Gasteiger partial charge in [-0.3, -0.25) is 9.69 Å². The molecule has 2 aliphatic heterocycles. The fourth-order valence-corrected chi connectivity index (χ4v) is 5.54. The van der Waals surface area contributed by atoms with Crippen molar-refractivity contribution in [3.63, 3.8) is 0 Å². The van der Waals surface area contributed by atoms with Crippen LogP contribution in [0.1, 0.15) is 47.6 Å². The molecule has 6 heteroatoms. The van der Waals surface area contributed by atoms with Gasteiger partial charge in [0, 0.05) is 12.0 Å². The summed E-state index contributed by atoms with van der Waals surface area (Å²) in [6, 6.07) is 24.8. The largest absolute Gasteiger partial charge is 0.493 e. The number of carbonyl (C=O) groups is 1. The molecule has 2 aliphatic rings. The van der Waals surface area contributed by atoms with Gasteiger partial charge in [-0.1, -0.05) is 60.2 Å². The number of likely N-dealkylation sites (tertiary alicyclic amines) is 1. The van der Waals surface area contributed by atoms with E-state index in [0.29, 0.717) is 30.4 Å². The second-order valence-corrected chi connectivity index (χ2v) is 10.4. The lowest BCUT2D eigenvalue weighted by atomic mass is 9.90. The van der Waals surface area contributed by atoms with Gasteiger partial charge in [0.2, 0.25) is 0 Å². The summed E-state index contributed by atoms with van der Waals surface area (Å²) in [7, 11) is 3.26. The Hall–Kier alpha value is -3.64. The van der Waals surface area contributed by atoms with E-state index < -0.39 is 0 Å². The van der Waals surface area contributed by atoms with Crippen LogP contribution < -0.4 is 9.47 Å². The molecule has 0 N–H and O–H groups in total. The summed E-state index contributed by atoms with van der Waals surface area (Å²) in [6.07, 6.45) is 4.00. The van der Waals surface area contributed by atoms with Gasteiger partial charge >= 0.3 is 0 Å². The first-order valence-corrected chi connectivity index (χ1v) is 13.5. The minimum atomic E-state index is -0.123. The molecule has 5 rings (SSSR count). The van der Waals surface area contributed by atoms with E-state index in [1.807, 2.05) is 18.2 Å². The topological polar surface area (TPSA) is 54.4 Å². The van der Waals surface area contributed by atoms with Crippen LogP contribution in [0.15, 0.2) is 77.9 Å². The molecule has 1 fully saturated rings. The third-order valence-electron chi connectivity index (χ3n) is 7.78. The van der Waals surface area contributed by atoms with Gasteiger partial charge in [0.1, 0.15) is 0 Å². The maximum atomic E-state index is 13.7. The van der Waals surface area contributed by atoms with Crippen molar-refractivity contribution in [3.8, 4) is 11.5 Å². The molecule has 1 unspecified atom stereocenters. The number of rotatable bonds is 8. The maximum absolute atomic E-state index is 13.7. The van der Waals surface area contributed by atoms with E-state index >= 15 is 0 Å². The van der Waals surface area contributed by atoms with Crippen molar-refractivity contribution in [2.45, 2.75) is 38.6 Å². The predicted octanol–water partition coefficient (Wildman–Crippen LogP) is 5.64. The summed E-state index contributed by atoms with van der Waals surface area (Å²) in [6.45, 7) is 4.36. The molecular weight excluding hydrogens is 474 g/mol. The second kappa shape index (κ2) is 11.8. The van der Waals surface area contributed by atoms with E-state index in [-0.39, 0.29) is 11.9 Å². The van der Waals surface area contributed by atoms with Crippen molar-refractivity contribution >= 4 is 11.6 Å². The fourth-order valence-electron chi connectivity index (χ4n) is 5.54. The lowest BCUT2D eigenvalue weighted by Gasteiger charge is -2.33. The van der Waals surface area contributed by atoms with E-state index in [2.05, 4.69) is 66.4 Å². The highest BCUT2D eigenvalue weighted by atomic mass is 16.5. The average Bonchev–Trinajstić information content (AvgIpc) is 3.40. The van der Waals surface area contributed by atoms with Crippen LogP contribution in [-0.2, 0) is 11.2 Å². The number of nitrogens with zero attached hydrogens (tertiary/aromatic N) is 3. The van der Waals surface area contributed by atoms with Gasteiger partial charge in [-0.25, -0.2) is 5.01 Å². The number of hydrogen-bond donors (Lipinski definition) is 0. The SMILES string of the molecule is COc1ccc(C2=NN(C(=O)CN3CCC(Cc4ccccc4)CC3)C(c3ccc(C)cc3)C2)cc1OC. The third-order valence-corrected chi connectivity index (χ3v) is 7.78. The summed E-state index contributed by atoms with van der Waals surface area (Å²) in [5, 5.41) is 6.60. The van der Waals surface area contributed by atoms with Gasteiger partial charge in [0.05, 0.1) is 32.5 Å². The lowest BCUT2D eigenvalue weighted by Crippen LogP contribution is -2.42. The van der Waals surface area contributed by atoms with E-state index in [1.165, 1.54) is 11.1 Å². The van der Waals surface area contributed by atoms with Crippen LogP contribution in [0.3, 0.4) is 0 Å². The van der Waals surface area contributed by atoms with Crippen LogP contribution in [0, 0.1) is 12.8 Å². The van der Waals surface area contributed by atoms with Gasteiger partial charge in [0.15, 0.2) is 11.5 Å². The van der Waals surface area contributed by atoms with Gasteiger partial charge < -0.3 is 9.47 Å². The number of benzene rings is 3. The molecule has 0 aromatic heterocycles. The first-order valence-electron chi connectivity index (χ1n) is 13.5. The zero-order valence-electron chi connectivity index (χ0n) is 22.6. The van der Waals surface area contributed by atoms with Gasteiger partial charge in [-0.05, 0) is 74.5 Å². The van der Waals surface area contributed by atoms with Crippen molar-refractivity contribution in [2.24, 2.45) is 11.0 Å². The average molecular weight is 512 g/mol. The Kier molecular flexibility index (Phi) is 8.08. The summed E-state index contributed by atoms with van der Waals surface area (Å²) in [5.74, 6) is 2.05. The van der Waals surface area contributed by atoms with Crippen molar-refractivity contribution in [3.05, 3.63) is 95.1 Å².